The summed E-state index contributed by atoms with van der Waals surface area (Å²) in [6.45, 7) is 0.939. The van der Waals surface area contributed by atoms with E-state index in [0.717, 1.165) is 4.57 Å². The maximum Gasteiger partial charge on any atom is 0.472 e. The van der Waals surface area contributed by atoms with Crippen LogP contribution in [0.25, 0.3) is 10.4 Å². The number of aliphatic imine (C=N–C) groups is 3. The lowest BCUT2D eigenvalue weighted by Gasteiger charge is -2.48. The van der Waals surface area contributed by atoms with E-state index in [-0.39, 0.29) is 99.4 Å². The number of carbonyl (C=O) groups is 2. The first-order valence-corrected chi connectivity index (χ1v) is 37.6. The number of hydrogen-bond donors (Lipinski definition) is 20. The zero-order valence-electron chi connectivity index (χ0n) is 55.9. The number of amidine groups is 2. The average Bonchev–Trinajstić information content (AvgIpc) is 1.76. The monoisotopic (exact) mass is 1540 g/mol. The van der Waals surface area contributed by atoms with Crippen molar-refractivity contribution < 1.29 is 96.6 Å². The molecule has 0 radical (unpaired) electrons. The van der Waals surface area contributed by atoms with E-state index in [9.17, 15) is 59.3 Å². The summed E-state index contributed by atoms with van der Waals surface area (Å²) in [5.41, 5.74) is 60.2. The van der Waals surface area contributed by atoms with Crippen LogP contribution < -0.4 is 72.9 Å². The molecule has 0 spiro atoms. The fourth-order valence-corrected chi connectivity index (χ4v) is 15.8. The maximum atomic E-state index is 12.8. The minimum absolute atomic E-state index is 0.0108. The van der Waals surface area contributed by atoms with E-state index in [1.807, 2.05) is 0 Å². The molecule has 0 bridgehead atoms. The smallest absolute Gasteiger partial charge is 0.427 e. The molecule has 46 heteroatoms. The van der Waals surface area contributed by atoms with Crippen molar-refractivity contribution in [3.05, 3.63) is 72.9 Å². The number of H-pyrrole nitrogens is 1. The van der Waals surface area contributed by atoms with Gasteiger partial charge in [-0.1, -0.05) is 38.8 Å². The van der Waals surface area contributed by atoms with Gasteiger partial charge >= 0.3 is 25.5 Å². The lowest BCUT2D eigenvalue weighted by Crippen LogP contribution is -2.65. The summed E-state index contributed by atoms with van der Waals surface area (Å²) < 4.78 is 73.8. The summed E-state index contributed by atoms with van der Waals surface area (Å²) in [4.78, 5) is 77.2. The Hall–Kier alpha value is -6.66. The number of nitrogens with zero attached hydrogens (tertiary/aromatic N) is 7. The third kappa shape index (κ3) is 24.7. The van der Waals surface area contributed by atoms with Gasteiger partial charge in [0.15, 0.2) is 30.5 Å². The number of esters is 1. The molecule has 42 nitrogen and oxygen atoms in total. The third-order valence-corrected chi connectivity index (χ3v) is 21.6. The molecule has 576 valence electrons. The number of phosphoric ester groups is 1. The summed E-state index contributed by atoms with van der Waals surface area (Å²) >= 11 is 1.31. The van der Waals surface area contributed by atoms with Crippen molar-refractivity contribution in [3.63, 3.8) is 0 Å². The Morgan fingerprint density at radius 1 is 0.748 bits per heavy atom. The highest BCUT2D eigenvalue weighted by Gasteiger charge is 2.56. The summed E-state index contributed by atoms with van der Waals surface area (Å²) in [6.07, 6.45) is -22.1. The van der Waals surface area contributed by atoms with Crippen LogP contribution in [0, 0.1) is 29.6 Å². The quantitative estimate of drug-likeness (QED) is 0.00289. The molecule has 23 atom stereocenters. The van der Waals surface area contributed by atoms with Crippen LogP contribution in [0.2, 0.25) is 0 Å². The average molecular weight is 1540 g/mol. The number of rotatable bonds is 38. The van der Waals surface area contributed by atoms with Crippen molar-refractivity contribution in [2.75, 3.05) is 49.4 Å². The van der Waals surface area contributed by atoms with Gasteiger partial charge in [-0.05, 0) is 61.8 Å². The number of ether oxygens (including phenoxy) is 8. The van der Waals surface area contributed by atoms with E-state index in [2.05, 4.69) is 35.3 Å². The first kappa shape index (κ1) is 83.6. The molecule has 2 amide bonds. The number of azide groups is 1. The fraction of sp³-hybridized carbons (Fsp3) is 0.702. The van der Waals surface area contributed by atoms with E-state index >= 15 is 0 Å². The Labute approximate surface area is 601 Å². The number of aliphatic hydroxyl groups is 6. The van der Waals surface area contributed by atoms with E-state index in [0.29, 0.717) is 35.8 Å². The van der Waals surface area contributed by atoms with Gasteiger partial charge in [0.2, 0.25) is 0 Å². The first-order valence-electron chi connectivity index (χ1n) is 32.5. The molecule has 4 heterocycles. The van der Waals surface area contributed by atoms with Crippen molar-refractivity contribution in [1.29, 1.82) is 10.8 Å². The Morgan fingerprint density at radius 2 is 1.44 bits per heavy atom. The van der Waals surface area contributed by atoms with Crippen molar-refractivity contribution >= 4 is 82.7 Å². The Morgan fingerprint density at radius 3 is 2.11 bits per heavy atom. The molecule has 7 rings (SSSR count). The van der Waals surface area contributed by atoms with Crippen molar-refractivity contribution in [2.45, 2.75) is 187 Å². The molecule has 5 fully saturated rings. The predicted octanol–water partition coefficient (Wildman–Crippen LogP) is -4.22. The number of aryl methyl sites for hydroxylation is 1. The number of phosphoric acid groups is 1. The number of aliphatic hydroxyl groups excluding tert-OH is 6. The van der Waals surface area contributed by atoms with Gasteiger partial charge in [-0.3, -0.25) is 44.0 Å². The van der Waals surface area contributed by atoms with Crippen LogP contribution in [0.1, 0.15) is 68.7 Å². The second-order valence-electron chi connectivity index (χ2n) is 24.8. The van der Waals surface area contributed by atoms with Gasteiger partial charge in [-0.15, -0.1) is 0 Å². The molecule has 3 saturated heterocycles. The zero-order valence-corrected chi connectivity index (χ0v) is 59.2. The summed E-state index contributed by atoms with van der Waals surface area (Å²) in [5, 5.41) is 91.9. The number of nitrogens with one attached hydrogen (secondary N) is 4. The first-order chi connectivity index (χ1) is 48.8. The largest absolute Gasteiger partial charge is 0.472 e. The van der Waals surface area contributed by atoms with E-state index < -0.39 is 184 Å². The van der Waals surface area contributed by atoms with Gasteiger partial charge in [0.25, 0.3) is 5.56 Å². The van der Waals surface area contributed by atoms with Gasteiger partial charge in [0.1, 0.15) is 60.7 Å². The molecule has 1 aromatic heterocycles. The van der Waals surface area contributed by atoms with Crippen molar-refractivity contribution in [2.24, 2.45) is 83.5 Å². The number of nitrogens with two attached hydrogens (primary N) is 9. The number of amides is 2. The summed E-state index contributed by atoms with van der Waals surface area (Å²) in [5.74, 6) is -2.35. The molecule has 29 N–H and O–H groups in total. The Bertz CT molecular complexity index is 3470. The summed E-state index contributed by atoms with van der Waals surface area (Å²) in [7, 11) is -1.66. The normalized spacial score (nSPS) is 31.9. The van der Waals surface area contributed by atoms with E-state index in [4.69, 9.17) is 115 Å². The van der Waals surface area contributed by atoms with Crippen LogP contribution in [0.5, 0.6) is 5.75 Å². The number of primary amides is 1. The second-order valence-corrected chi connectivity index (χ2v) is 30.1. The molecule has 103 heavy (non-hydrogen) atoms. The van der Waals surface area contributed by atoms with Gasteiger partial charge < -0.3 is 130 Å². The highest BCUT2D eigenvalue weighted by Crippen LogP contribution is 2.46. The summed E-state index contributed by atoms with van der Waals surface area (Å²) in [6, 6.07) is -0.0240. The number of hydrogen-bond acceptors (Lipinski definition) is 30. The number of aromatic amines is 1. The van der Waals surface area contributed by atoms with Crippen LogP contribution in [0.3, 0.4) is 0 Å². The molecule has 5 aliphatic rings. The minimum Gasteiger partial charge on any atom is -0.427 e. The van der Waals surface area contributed by atoms with Gasteiger partial charge in [-0.2, -0.15) is 11.8 Å². The minimum atomic E-state index is -4.70. The van der Waals surface area contributed by atoms with Crippen LogP contribution in [0.4, 0.5) is 4.79 Å². The van der Waals surface area contributed by atoms with Crippen molar-refractivity contribution in [1.82, 2.24) is 14.9 Å². The number of carbonyl (C=O) groups excluding carboxylic acids is 2. The maximum absolute atomic E-state index is 12.8. The number of urea groups is 1. The van der Waals surface area contributed by atoms with E-state index in [1.54, 1.807) is 0 Å². The topological polar surface area (TPSA) is 720 Å². The lowest BCUT2D eigenvalue weighted by molar-refractivity contribution is -0.282. The predicted molar refractivity (Wildman–Crippen MR) is 375 cm³/mol. The Balaban J connectivity index is 0.917. The number of aromatic nitrogens is 2. The number of thioether (sulfide) groups is 1. The van der Waals surface area contributed by atoms with Gasteiger partial charge in [0.05, 0.1) is 92.8 Å². The van der Waals surface area contributed by atoms with Crippen LogP contribution in [-0.4, -0.2) is 252 Å². The number of benzene rings is 1. The molecular formula is C57H93N20O22PS3. The SMILES string of the molecule is Cc1cn([C@H]2CC(N=[N+]=[N-])[C@@H](COP(=O)(O)OCc3ccc(OC(=O)CCCSSCCOCCSC[C@H]4O[C@@H](O[C@@H]5C(O)[C@H](CC(=N)N)CC(N=C(N)N)[C@H]5O[C@H]5CC(CN=C(N)N)[C@@H](O)[C@H](O)C5NC(N)=O)[C@@H](O)C4OC4O[C@@H](CCC(=N)N)C(O)[C@@H](O)[C@H]4N=C(N)N)cc3)O2)c(=O)[nH]c1=O. The van der Waals surface area contributed by atoms with Crippen LogP contribution in [0.15, 0.2) is 60.1 Å². The third-order valence-electron chi connectivity index (χ3n) is 17.2. The highest BCUT2D eigenvalue weighted by molar-refractivity contribution is 8.76. The highest BCUT2D eigenvalue weighted by atomic mass is 33.1. The second kappa shape index (κ2) is 39.6. The fourth-order valence-electron chi connectivity index (χ4n) is 12.2. The molecule has 9 unspecified atom stereocenters. The molecule has 1 aromatic carbocycles. The molecule has 2 aliphatic carbocycles. The molecule has 2 aromatic rings. The van der Waals surface area contributed by atoms with Gasteiger partial charge in [0, 0.05) is 77.8 Å². The molecule has 3 aliphatic heterocycles. The molecule has 2 saturated carbocycles. The zero-order chi connectivity index (χ0) is 75.4. The number of guanidine groups is 3. The van der Waals surface area contributed by atoms with E-state index in [1.165, 1.54) is 70.7 Å². The van der Waals surface area contributed by atoms with Crippen molar-refractivity contribution in [3.8, 4) is 5.75 Å². The van der Waals surface area contributed by atoms with Crippen LogP contribution in [-0.2, 0) is 58.2 Å². The van der Waals surface area contributed by atoms with Gasteiger partial charge in [-0.25, -0.2) is 24.1 Å². The standard InChI is InChI=1S/C57H93N20O22PS3/c1-24-20-77(57(87)74-50(24)85)37-18-29(75-76-69)33(94-37)22-92-100(88,89)91-21-25-4-6-28(7-5-25)93-38(78)3-2-12-102-103-14-11-90-10-13-101-23-34-48(98-51-40(72-55(66)67)45(83)43(81)31(96-51)8-9-35(58)59)46(84)52(97-34)99-49-42(80)26(17-36(60)61)15-30(71-54(64)65)47(49)95-32-16-27(19-70-53(62)63)41(79)44(82)39(32)73-56(68)86/h4-7,20,26-27,29-34,37,39-49,51-52,79-84H,2-3,8-19,21-23H2,1H3,(H3,58,59)(H3,60,61)(H,88,89)(H4,62,63,70)(H4,64,65,71)(H4,66,67,72)(H3,68,73,86)(H,74,85,87)/t26-,27?,29?,30?,31-,32-,33+,34+,37+,39?,40+,41+,42?,43?,44+,45-,46-,47+,48?,49+,51?,52-/m0/s1. The van der Waals surface area contributed by atoms with Crippen LogP contribution >= 0.6 is 41.2 Å². The lowest BCUT2D eigenvalue weighted by atomic mass is 9.76. The molecular weight excluding hydrogens is 1440 g/mol. The Kier molecular flexibility index (Phi) is 32.2.